The van der Waals surface area contributed by atoms with E-state index in [9.17, 15) is 0 Å². The van der Waals surface area contributed by atoms with Crippen molar-refractivity contribution in [1.29, 1.82) is 0 Å². The van der Waals surface area contributed by atoms with Gasteiger partial charge in [0.25, 0.3) is 0 Å². The van der Waals surface area contributed by atoms with Gasteiger partial charge in [-0.15, -0.1) is 11.3 Å². The molecule has 1 atom stereocenters. The summed E-state index contributed by atoms with van der Waals surface area (Å²) in [6.45, 7) is 4.08. The summed E-state index contributed by atoms with van der Waals surface area (Å²) in [6, 6.07) is 8.05. The first-order chi connectivity index (χ1) is 7.58. The van der Waals surface area contributed by atoms with Crippen molar-refractivity contribution in [3.63, 3.8) is 0 Å². The Kier molecular flexibility index (Phi) is 3.33. The van der Waals surface area contributed by atoms with Gasteiger partial charge in [-0.1, -0.05) is 23.7 Å². The third-order valence-corrected chi connectivity index (χ3v) is 3.95. The minimum absolute atomic E-state index is 0.0805. The number of thiophene rings is 1. The molecular weight excluding hydrogens is 238 g/mol. The molecular formula is C13H14ClNS. The first-order valence-corrected chi connectivity index (χ1v) is 6.40. The molecule has 0 fully saturated rings. The molecule has 0 amide bonds. The Morgan fingerprint density at radius 3 is 2.50 bits per heavy atom. The number of aryl methyl sites for hydroxylation is 2. The highest BCUT2D eigenvalue weighted by Crippen LogP contribution is 2.27. The van der Waals surface area contributed by atoms with Gasteiger partial charge in [0.05, 0.1) is 6.04 Å². The molecule has 16 heavy (non-hydrogen) atoms. The van der Waals surface area contributed by atoms with Crippen LogP contribution in [-0.4, -0.2) is 0 Å². The zero-order chi connectivity index (χ0) is 11.7. The van der Waals surface area contributed by atoms with Gasteiger partial charge in [-0.25, -0.2) is 0 Å². The number of rotatable bonds is 2. The van der Waals surface area contributed by atoms with E-state index in [0.717, 1.165) is 21.7 Å². The van der Waals surface area contributed by atoms with Crippen molar-refractivity contribution >= 4 is 22.9 Å². The van der Waals surface area contributed by atoms with Crippen LogP contribution in [0.1, 0.15) is 27.6 Å². The van der Waals surface area contributed by atoms with Crippen LogP contribution in [0.15, 0.2) is 29.6 Å². The minimum Gasteiger partial charge on any atom is -0.320 e. The van der Waals surface area contributed by atoms with Crippen molar-refractivity contribution in [1.82, 2.24) is 0 Å². The van der Waals surface area contributed by atoms with Crippen LogP contribution in [0.3, 0.4) is 0 Å². The normalized spacial score (nSPS) is 12.8. The summed E-state index contributed by atoms with van der Waals surface area (Å²) in [6.07, 6.45) is 0. The van der Waals surface area contributed by atoms with Crippen molar-refractivity contribution < 1.29 is 0 Å². The van der Waals surface area contributed by atoms with E-state index in [1.165, 1.54) is 4.88 Å². The average Bonchev–Trinajstić information content (AvgIpc) is 2.68. The fourth-order valence-electron chi connectivity index (χ4n) is 1.62. The molecule has 1 aromatic heterocycles. The molecule has 1 unspecified atom stereocenters. The van der Waals surface area contributed by atoms with Crippen LogP contribution in [0.2, 0.25) is 5.02 Å². The van der Waals surface area contributed by atoms with E-state index in [1.54, 1.807) is 11.3 Å². The lowest BCUT2D eigenvalue weighted by atomic mass is 10.0. The summed E-state index contributed by atoms with van der Waals surface area (Å²) in [4.78, 5) is 1.28. The van der Waals surface area contributed by atoms with Gasteiger partial charge in [0, 0.05) is 9.90 Å². The summed E-state index contributed by atoms with van der Waals surface area (Å²) < 4.78 is 0. The van der Waals surface area contributed by atoms with Gasteiger partial charge in [-0.3, -0.25) is 0 Å². The summed E-state index contributed by atoms with van der Waals surface area (Å²) in [7, 11) is 0. The van der Waals surface area contributed by atoms with Crippen molar-refractivity contribution in [3.8, 4) is 0 Å². The summed E-state index contributed by atoms with van der Waals surface area (Å²) in [5.41, 5.74) is 9.50. The number of nitrogens with two attached hydrogens (primary N) is 1. The average molecular weight is 252 g/mol. The van der Waals surface area contributed by atoms with E-state index in [0.29, 0.717) is 0 Å². The lowest BCUT2D eigenvalue weighted by Crippen LogP contribution is -2.10. The van der Waals surface area contributed by atoms with Gasteiger partial charge < -0.3 is 5.73 Å². The van der Waals surface area contributed by atoms with Crippen molar-refractivity contribution in [2.24, 2.45) is 5.73 Å². The largest absolute Gasteiger partial charge is 0.320 e. The second-order valence-corrected chi connectivity index (χ2v) is 5.50. The van der Waals surface area contributed by atoms with Crippen molar-refractivity contribution in [2.75, 3.05) is 0 Å². The molecule has 84 valence electrons. The molecule has 0 saturated heterocycles. The highest BCUT2D eigenvalue weighted by atomic mass is 35.5. The molecule has 0 aliphatic heterocycles. The maximum absolute atomic E-state index is 6.20. The molecule has 0 saturated carbocycles. The predicted octanol–water partition coefficient (Wildman–Crippen LogP) is 4.07. The van der Waals surface area contributed by atoms with E-state index in [2.05, 4.69) is 18.4 Å². The molecule has 1 aromatic carbocycles. The molecule has 3 heteroatoms. The smallest absolute Gasteiger partial charge is 0.0560 e. The lowest BCUT2D eigenvalue weighted by Gasteiger charge is -2.11. The second-order valence-electron chi connectivity index (χ2n) is 3.98. The van der Waals surface area contributed by atoms with E-state index in [1.807, 2.05) is 25.1 Å². The van der Waals surface area contributed by atoms with E-state index in [4.69, 9.17) is 17.3 Å². The Labute approximate surface area is 105 Å². The van der Waals surface area contributed by atoms with Crippen LogP contribution in [-0.2, 0) is 0 Å². The number of hydrogen-bond acceptors (Lipinski definition) is 2. The quantitative estimate of drug-likeness (QED) is 0.856. The maximum atomic E-state index is 6.20. The van der Waals surface area contributed by atoms with Gasteiger partial charge in [-0.2, -0.15) is 0 Å². The standard InChI is InChI=1S/C13H14ClNS/c1-8-3-4-10(6-12(8)14)13(15)11-5-9(2)16-7-11/h3-7,13H,15H2,1-2H3. The third-order valence-electron chi connectivity index (χ3n) is 2.66. The molecule has 0 radical (unpaired) electrons. The Morgan fingerprint density at radius 2 is 1.94 bits per heavy atom. The molecule has 0 bridgehead atoms. The minimum atomic E-state index is -0.0805. The highest BCUT2D eigenvalue weighted by molar-refractivity contribution is 7.10. The van der Waals surface area contributed by atoms with Gasteiger partial charge in [0.15, 0.2) is 0 Å². The molecule has 1 heterocycles. The second kappa shape index (κ2) is 4.58. The van der Waals surface area contributed by atoms with Crippen LogP contribution in [0, 0.1) is 13.8 Å². The monoisotopic (exact) mass is 251 g/mol. The molecule has 2 N–H and O–H groups in total. The Hall–Kier alpha value is -0.830. The summed E-state index contributed by atoms with van der Waals surface area (Å²) in [5, 5.41) is 2.88. The Balaban J connectivity index is 2.33. The molecule has 0 aliphatic rings. The van der Waals surface area contributed by atoms with Gasteiger partial charge in [0.1, 0.15) is 0 Å². The third kappa shape index (κ3) is 2.29. The summed E-state index contributed by atoms with van der Waals surface area (Å²) >= 11 is 7.82. The number of benzene rings is 1. The molecule has 2 rings (SSSR count). The molecule has 1 nitrogen and oxygen atoms in total. The van der Waals surface area contributed by atoms with Gasteiger partial charge in [-0.05, 0) is 48.1 Å². The molecule has 0 aliphatic carbocycles. The number of halogens is 1. The topological polar surface area (TPSA) is 26.0 Å². The highest BCUT2D eigenvalue weighted by Gasteiger charge is 2.11. The Bertz CT molecular complexity index is 504. The van der Waals surface area contributed by atoms with Crippen LogP contribution in [0.25, 0.3) is 0 Å². The van der Waals surface area contributed by atoms with Crippen LogP contribution in [0.5, 0.6) is 0 Å². The zero-order valence-corrected chi connectivity index (χ0v) is 10.9. The lowest BCUT2D eigenvalue weighted by molar-refractivity contribution is 0.875. The first kappa shape index (κ1) is 11.6. The first-order valence-electron chi connectivity index (χ1n) is 5.14. The summed E-state index contributed by atoms with van der Waals surface area (Å²) in [5.74, 6) is 0. The molecule has 0 spiro atoms. The van der Waals surface area contributed by atoms with Crippen LogP contribution >= 0.6 is 22.9 Å². The van der Waals surface area contributed by atoms with E-state index >= 15 is 0 Å². The Morgan fingerprint density at radius 1 is 1.19 bits per heavy atom. The van der Waals surface area contributed by atoms with Crippen molar-refractivity contribution in [2.45, 2.75) is 19.9 Å². The van der Waals surface area contributed by atoms with Crippen molar-refractivity contribution in [3.05, 3.63) is 56.2 Å². The zero-order valence-electron chi connectivity index (χ0n) is 9.33. The maximum Gasteiger partial charge on any atom is 0.0560 e. The fourth-order valence-corrected chi connectivity index (χ4v) is 2.55. The number of hydrogen-bond donors (Lipinski definition) is 1. The van der Waals surface area contributed by atoms with E-state index < -0.39 is 0 Å². The van der Waals surface area contributed by atoms with Crippen LogP contribution in [0.4, 0.5) is 0 Å². The fraction of sp³-hybridized carbons (Fsp3) is 0.231. The predicted molar refractivity (Wildman–Crippen MR) is 71.3 cm³/mol. The van der Waals surface area contributed by atoms with Crippen LogP contribution < -0.4 is 5.73 Å². The van der Waals surface area contributed by atoms with Gasteiger partial charge in [0.2, 0.25) is 0 Å². The SMILES string of the molecule is Cc1cc(C(N)c2ccc(C)c(Cl)c2)cs1. The van der Waals surface area contributed by atoms with Gasteiger partial charge >= 0.3 is 0 Å². The molecule has 2 aromatic rings. The van der Waals surface area contributed by atoms with E-state index in [-0.39, 0.29) is 6.04 Å².